The molecule has 0 bridgehead atoms. The number of hydrogen-bond donors (Lipinski definition) is 1. The molecule has 1 N–H and O–H groups in total. The maximum Gasteiger partial charge on any atom is 0.410 e. The molecule has 0 aliphatic carbocycles. The van der Waals surface area contributed by atoms with Crippen LogP contribution in [0.3, 0.4) is 0 Å². The van der Waals surface area contributed by atoms with Gasteiger partial charge in [-0.2, -0.15) is 0 Å². The number of ether oxygens (including phenoxy) is 1. The zero-order valence-corrected chi connectivity index (χ0v) is 13.9. The molecule has 1 saturated heterocycles. The van der Waals surface area contributed by atoms with Crippen LogP contribution < -0.4 is 5.32 Å². The molecular weight excluding hydrogens is 252 g/mol. The Morgan fingerprint density at radius 3 is 2.35 bits per heavy atom. The summed E-state index contributed by atoms with van der Waals surface area (Å²) in [5, 5.41) is 3.66. The van der Waals surface area contributed by atoms with Gasteiger partial charge < -0.3 is 15.0 Å². The number of nitrogens with zero attached hydrogens (tertiary/aromatic N) is 1. The highest BCUT2D eigenvalue weighted by Gasteiger charge is 2.32. The molecule has 0 radical (unpaired) electrons. The van der Waals surface area contributed by atoms with Gasteiger partial charge in [0.2, 0.25) is 0 Å². The highest BCUT2D eigenvalue weighted by Crippen LogP contribution is 2.23. The third kappa shape index (κ3) is 6.12. The first-order valence-corrected chi connectivity index (χ1v) is 7.99. The molecule has 4 nitrogen and oxygen atoms in total. The third-order valence-corrected chi connectivity index (χ3v) is 3.85. The van der Waals surface area contributed by atoms with E-state index in [4.69, 9.17) is 4.74 Å². The predicted molar refractivity (Wildman–Crippen MR) is 83.0 cm³/mol. The van der Waals surface area contributed by atoms with Crippen molar-refractivity contribution in [1.82, 2.24) is 10.2 Å². The number of unbranched alkanes of at least 4 members (excludes halogenated alkanes) is 2. The average Bonchev–Trinajstić information content (AvgIpc) is 2.33. The summed E-state index contributed by atoms with van der Waals surface area (Å²) in [5.74, 6) is 0. The molecule has 1 amide bonds. The van der Waals surface area contributed by atoms with E-state index in [0.717, 1.165) is 32.5 Å². The Hall–Kier alpha value is -0.770. The highest BCUT2D eigenvalue weighted by atomic mass is 16.6. The Morgan fingerprint density at radius 2 is 1.85 bits per heavy atom. The minimum absolute atomic E-state index is 0.173. The van der Waals surface area contributed by atoms with Crippen LogP contribution in [0, 0.1) is 0 Å². The second kappa shape index (κ2) is 7.30. The smallest absolute Gasteiger partial charge is 0.410 e. The lowest BCUT2D eigenvalue weighted by Crippen LogP contribution is -2.53. The van der Waals surface area contributed by atoms with Crippen LogP contribution in [0.15, 0.2) is 0 Å². The monoisotopic (exact) mass is 284 g/mol. The Morgan fingerprint density at radius 1 is 1.25 bits per heavy atom. The lowest BCUT2D eigenvalue weighted by atomic mass is 9.89. The van der Waals surface area contributed by atoms with Gasteiger partial charge >= 0.3 is 6.09 Å². The van der Waals surface area contributed by atoms with Crippen LogP contribution in [0.2, 0.25) is 0 Å². The van der Waals surface area contributed by atoms with Crippen molar-refractivity contribution in [2.45, 2.75) is 77.9 Å². The summed E-state index contributed by atoms with van der Waals surface area (Å²) in [5.41, 5.74) is -0.234. The topological polar surface area (TPSA) is 41.6 Å². The summed E-state index contributed by atoms with van der Waals surface area (Å²) >= 11 is 0. The summed E-state index contributed by atoms with van der Waals surface area (Å²) in [7, 11) is 0. The van der Waals surface area contributed by atoms with Gasteiger partial charge in [0.25, 0.3) is 0 Å². The van der Waals surface area contributed by atoms with Gasteiger partial charge in [-0.05, 0) is 53.5 Å². The normalized spacial score (nSPS) is 18.9. The number of carbonyl (C=O) groups is 1. The van der Waals surface area contributed by atoms with E-state index in [1.807, 2.05) is 25.7 Å². The maximum absolute atomic E-state index is 12.0. The van der Waals surface area contributed by atoms with Crippen molar-refractivity contribution in [3.8, 4) is 0 Å². The molecule has 118 valence electrons. The van der Waals surface area contributed by atoms with E-state index < -0.39 is 5.60 Å². The summed E-state index contributed by atoms with van der Waals surface area (Å²) in [6.45, 7) is 12.9. The van der Waals surface area contributed by atoms with E-state index >= 15 is 0 Å². The molecule has 1 fully saturated rings. The van der Waals surface area contributed by atoms with Gasteiger partial charge in [-0.1, -0.05) is 19.8 Å². The maximum atomic E-state index is 12.0. The summed E-state index contributed by atoms with van der Waals surface area (Å²) in [6.07, 6.45) is 5.60. The van der Waals surface area contributed by atoms with Gasteiger partial charge in [0, 0.05) is 18.6 Å². The van der Waals surface area contributed by atoms with Gasteiger partial charge in [-0.3, -0.25) is 0 Å². The van der Waals surface area contributed by atoms with Crippen LogP contribution in [-0.4, -0.2) is 41.8 Å². The van der Waals surface area contributed by atoms with Crippen LogP contribution in [0.25, 0.3) is 0 Å². The molecule has 20 heavy (non-hydrogen) atoms. The number of carbonyl (C=O) groups excluding carboxylic acids is 1. The standard InChI is InChI=1S/C16H32N2O2/c1-6-7-8-11-17-16(5)9-12-18(13-10-16)14(19)20-15(2,3)4/h17H,6-13H2,1-5H3. The Bertz CT molecular complexity index is 302. The first-order chi connectivity index (χ1) is 9.26. The van der Waals surface area contributed by atoms with Crippen molar-refractivity contribution in [3.05, 3.63) is 0 Å². The molecule has 0 spiro atoms. The van der Waals surface area contributed by atoms with Gasteiger partial charge in [0.05, 0.1) is 0 Å². The summed E-state index contributed by atoms with van der Waals surface area (Å²) in [6, 6.07) is 0. The van der Waals surface area contributed by atoms with Crippen molar-refractivity contribution >= 4 is 6.09 Å². The Labute approximate surface area is 124 Å². The minimum atomic E-state index is -0.407. The van der Waals surface area contributed by atoms with Crippen LogP contribution >= 0.6 is 0 Å². The average molecular weight is 284 g/mol. The van der Waals surface area contributed by atoms with E-state index in [9.17, 15) is 4.79 Å². The third-order valence-electron chi connectivity index (χ3n) is 3.85. The van der Waals surface area contributed by atoms with Gasteiger partial charge in [-0.15, -0.1) is 0 Å². The highest BCUT2D eigenvalue weighted by molar-refractivity contribution is 5.68. The second-order valence-electron chi connectivity index (χ2n) is 7.16. The first-order valence-electron chi connectivity index (χ1n) is 7.99. The van der Waals surface area contributed by atoms with Crippen molar-refractivity contribution in [1.29, 1.82) is 0 Å². The van der Waals surface area contributed by atoms with Crippen molar-refractivity contribution in [3.63, 3.8) is 0 Å². The van der Waals surface area contributed by atoms with Gasteiger partial charge in [0.1, 0.15) is 5.60 Å². The number of amides is 1. The minimum Gasteiger partial charge on any atom is -0.444 e. The molecule has 0 unspecified atom stereocenters. The number of rotatable bonds is 5. The molecule has 0 aromatic rings. The Balaban J connectivity index is 2.33. The molecular formula is C16H32N2O2. The number of nitrogens with one attached hydrogen (secondary N) is 1. The molecule has 1 rings (SSSR count). The molecule has 0 aromatic heterocycles. The summed E-state index contributed by atoms with van der Waals surface area (Å²) < 4.78 is 5.43. The molecule has 0 atom stereocenters. The molecule has 1 aliphatic heterocycles. The fourth-order valence-electron chi connectivity index (χ4n) is 2.45. The van der Waals surface area contributed by atoms with Crippen molar-refractivity contribution < 1.29 is 9.53 Å². The van der Waals surface area contributed by atoms with Crippen LogP contribution in [0.1, 0.15) is 66.7 Å². The lowest BCUT2D eigenvalue weighted by molar-refractivity contribution is 0.0158. The molecule has 1 heterocycles. The quantitative estimate of drug-likeness (QED) is 0.785. The molecule has 4 heteroatoms. The SMILES string of the molecule is CCCCCNC1(C)CCN(C(=O)OC(C)(C)C)CC1. The van der Waals surface area contributed by atoms with E-state index in [0.29, 0.717) is 0 Å². The zero-order chi connectivity index (χ0) is 15.2. The number of hydrogen-bond acceptors (Lipinski definition) is 3. The van der Waals surface area contributed by atoms with Gasteiger partial charge in [-0.25, -0.2) is 4.79 Å². The predicted octanol–water partition coefficient (Wildman–Crippen LogP) is 3.56. The van der Waals surface area contributed by atoms with Crippen molar-refractivity contribution in [2.24, 2.45) is 0 Å². The second-order valence-corrected chi connectivity index (χ2v) is 7.16. The van der Waals surface area contributed by atoms with E-state index in [-0.39, 0.29) is 11.6 Å². The van der Waals surface area contributed by atoms with Gasteiger partial charge in [0.15, 0.2) is 0 Å². The van der Waals surface area contributed by atoms with Crippen LogP contribution in [0.5, 0.6) is 0 Å². The van der Waals surface area contributed by atoms with Crippen LogP contribution in [-0.2, 0) is 4.74 Å². The molecule has 0 saturated carbocycles. The van der Waals surface area contributed by atoms with Crippen molar-refractivity contribution in [2.75, 3.05) is 19.6 Å². The van der Waals surface area contributed by atoms with E-state index in [2.05, 4.69) is 19.2 Å². The fourth-order valence-corrected chi connectivity index (χ4v) is 2.45. The molecule has 0 aromatic carbocycles. The Kier molecular flexibility index (Phi) is 6.31. The number of piperidine rings is 1. The van der Waals surface area contributed by atoms with E-state index in [1.165, 1.54) is 19.3 Å². The first kappa shape index (κ1) is 17.3. The largest absolute Gasteiger partial charge is 0.444 e. The number of likely N-dealkylation sites (tertiary alicyclic amines) is 1. The summed E-state index contributed by atoms with van der Waals surface area (Å²) in [4.78, 5) is 13.8. The lowest BCUT2D eigenvalue weighted by Gasteiger charge is -2.40. The van der Waals surface area contributed by atoms with Crippen LogP contribution in [0.4, 0.5) is 4.79 Å². The fraction of sp³-hybridized carbons (Fsp3) is 0.938. The molecule has 1 aliphatic rings. The zero-order valence-electron chi connectivity index (χ0n) is 13.9. The van der Waals surface area contributed by atoms with E-state index in [1.54, 1.807) is 0 Å².